The van der Waals surface area contributed by atoms with E-state index >= 15 is 0 Å². The minimum atomic E-state index is -0.334. The number of rotatable bonds is 22. The molecule has 6 heteroatoms. The van der Waals surface area contributed by atoms with Crippen LogP contribution >= 0.6 is 0 Å². The number of carbonyl (C=O) groups is 1. The highest BCUT2D eigenvalue weighted by Crippen LogP contribution is 2.17. The number of hydrogen-bond acceptors (Lipinski definition) is 6. The SMILES string of the molecule is CCCCCCCCCCCCCCCCCCOC(=O)c1ccc(OC(=N)c2ccc(COO)cc2)cc1. The summed E-state index contributed by atoms with van der Waals surface area (Å²) in [6, 6.07) is 13.6. The monoisotopic (exact) mass is 539 g/mol. The Kier molecular flexibility index (Phi) is 17.6. The van der Waals surface area contributed by atoms with Gasteiger partial charge in [0, 0.05) is 5.56 Å². The lowest BCUT2D eigenvalue weighted by Gasteiger charge is -2.09. The van der Waals surface area contributed by atoms with Crippen LogP contribution in [0.3, 0.4) is 0 Å². The second-order valence-corrected chi connectivity index (χ2v) is 10.4. The van der Waals surface area contributed by atoms with E-state index in [-0.39, 0.29) is 18.5 Å². The number of carbonyl (C=O) groups excluding carboxylic acids is 1. The zero-order valence-electron chi connectivity index (χ0n) is 23.9. The van der Waals surface area contributed by atoms with E-state index in [0.717, 1.165) is 18.4 Å². The van der Waals surface area contributed by atoms with Gasteiger partial charge in [-0.3, -0.25) is 10.7 Å². The summed E-state index contributed by atoms with van der Waals surface area (Å²) in [6.45, 7) is 2.80. The van der Waals surface area contributed by atoms with E-state index in [1.54, 1.807) is 48.5 Å². The van der Waals surface area contributed by atoms with Gasteiger partial charge in [0.2, 0.25) is 5.90 Å². The van der Waals surface area contributed by atoms with Crippen LogP contribution in [0.25, 0.3) is 0 Å². The summed E-state index contributed by atoms with van der Waals surface area (Å²) < 4.78 is 11.0. The highest BCUT2D eigenvalue weighted by atomic mass is 17.1. The Balaban J connectivity index is 1.46. The normalized spacial score (nSPS) is 10.9. The van der Waals surface area contributed by atoms with Gasteiger partial charge >= 0.3 is 5.97 Å². The van der Waals surface area contributed by atoms with Gasteiger partial charge in [0.05, 0.1) is 12.2 Å². The van der Waals surface area contributed by atoms with Gasteiger partial charge in [-0.1, -0.05) is 115 Å². The molecule has 0 unspecified atom stereocenters. The molecule has 216 valence electrons. The molecule has 6 nitrogen and oxygen atoms in total. The van der Waals surface area contributed by atoms with Crippen LogP contribution in [0.1, 0.15) is 131 Å². The Morgan fingerprint density at radius 2 is 1.13 bits per heavy atom. The summed E-state index contributed by atoms with van der Waals surface area (Å²) in [4.78, 5) is 16.4. The lowest BCUT2D eigenvalue weighted by molar-refractivity contribution is -0.253. The predicted octanol–water partition coefficient (Wildman–Crippen LogP) is 9.50. The Hall–Kier alpha value is -2.70. The third-order valence-corrected chi connectivity index (χ3v) is 6.99. The summed E-state index contributed by atoms with van der Waals surface area (Å²) in [6.07, 6.45) is 21.1. The standard InChI is InChI=1S/C33H49NO5/c1-2-3-4-5-6-7-8-9-10-11-12-13-14-15-16-17-26-37-33(35)30-22-24-31(25-23-30)39-32(34)29-20-18-28(19-21-29)27-38-36/h18-25,34,36H,2-17,26-27H2,1H3. The Morgan fingerprint density at radius 3 is 1.62 bits per heavy atom. The van der Waals surface area contributed by atoms with Crippen LogP contribution < -0.4 is 4.74 Å². The number of nitrogens with one attached hydrogen (secondary N) is 1. The fourth-order valence-corrected chi connectivity index (χ4v) is 4.56. The molecule has 0 aliphatic heterocycles. The first-order valence-electron chi connectivity index (χ1n) is 15.0. The molecule has 2 rings (SSSR count). The fourth-order valence-electron chi connectivity index (χ4n) is 4.56. The van der Waals surface area contributed by atoms with Gasteiger partial charge in [-0.25, -0.2) is 9.68 Å². The Bertz CT molecular complexity index is 911. The summed E-state index contributed by atoms with van der Waals surface area (Å²) in [7, 11) is 0. The van der Waals surface area contributed by atoms with Crippen molar-refractivity contribution in [1.82, 2.24) is 0 Å². The molecule has 0 atom stereocenters. The van der Waals surface area contributed by atoms with E-state index in [9.17, 15) is 4.79 Å². The number of unbranched alkanes of at least 4 members (excludes halogenated alkanes) is 15. The van der Waals surface area contributed by atoms with Gasteiger partial charge < -0.3 is 9.47 Å². The van der Waals surface area contributed by atoms with Crippen LogP contribution in [0.4, 0.5) is 0 Å². The second kappa shape index (κ2) is 21.2. The van der Waals surface area contributed by atoms with Crippen LogP contribution in [-0.2, 0) is 16.2 Å². The quantitative estimate of drug-likeness (QED) is 0.0388. The van der Waals surface area contributed by atoms with E-state index in [2.05, 4.69) is 11.8 Å². The molecule has 2 aromatic rings. The van der Waals surface area contributed by atoms with Gasteiger partial charge in [-0.2, -0.15) is 0 Å². The summed E-state index contributed by atoms with van der Waals surface area (Å²) in [5.41, 5.74) is 1.86. The molecular weight excluding hydrogens is 490 g/mol. The molecule has 0 bridgehead atoms. The molecule has 0 spiro atoms. The van der Waals surface area contributed by atoms with E-state index in [0.29, 0.717) is 23.5 Å². The van der Waals surface area contributed by atoms with Crippen molar-refractivity contribution < 1.29 is 24.4 Å². The molecule has 2 N–H and O–H groups in total. The van der Waals surface area contributed by atoms with Gasteiger partial charge in [-0.05, 0) is 48.4 Å². The van der Waals surface area contributed by atoms with Crippen molar-refractivity contribution >= 4 is 11.9 Å². The van der Waals surface area contributed by atoms with E-state index < -0.39 is 0 Å². The number of esters is 1. The van der Waals surface area contributed by atoms with Gasteiger partial charge in [0.15, 0.2) is 0 Å². The Labute approximate surface area is 235 Å². The predicted molar refractivity (Wildman–Crippen MR) is 158 cm³/mol. The van der Waals surface area contributed by atoms with Crippen molar-refractivity contribution in [3.63, 3.8) is 0 Å². The van der Waals surface area contributed by atoms with Crippen molar-refractivity contribution in [3.05, 3.63) is 65.2 Å². The average Bonchev–Trinajstić information content (AvgIpc) is 2.95. The molecule has 39 heavy (non-hydrogen) atoms. The smallest absolute Gasteiger partial charge is 0.338 e. The minimum absolute atomic E-state index is 0.00899. The maximum absolute atomic E-state index is 12.3. The van der Waals surface area contributed by atoms with Crippen molar-refractivity contribution in [1.29, 1.82) is 5.41 Å². The second-order valence-electron chi connectivity index (χ2n) is 10.4. The lowest BCUT2D eigenvalue weighted by Crippen LogP contribution is -2.09. The van der Waals surface area contributed by atoms with Gasteiger partial charge in [0.25, 0.3) is 0 Å². The van der Waals surface area contributed by atoms with Crippen LogP contribution in [0.5, 0.6) is 5.75 Å². The van der Waals surface area contributed by atoms with Gasteiger partial charge in [0.1, 0.15) is 12.4 Å². The largest absolute Gasteiger partial charge is 0.462 e. The van der Waals surface area contributed by atoms with Crippen molar-refractivity contribution in [3.8, 4) is 5.75 Å². The average molecular weight is 540 g/mol. The third kappa shape index (κ3) is 14.9. The molecule has 0 radical (unpaired) electrons. The summed E-state index contributed by atoms with van der Waals surface area (Å²) in [5.74, 6) is 0.127. The molecule has 2 aromatic carbocycles. The summed E-state index contributed by atoms with van der Waals surface area (Å²) >= 11 is 0. The van der Waals surface area contributed by atoms with Crippen LogP contribution in [-0.4, -0.2) is 23.7 Å². The molecular formula is C33H49NO5. The number of benzene rings is 2. The van der Waals surface area contributed by atoms with Crippen molar-refractivity contribution in [2.45, 2.75) is 116 Å². The van der Waals surface area contributed by atoms with Crippen LogP contribution in [0.2, 0.25) is 0 Å². The molecule has 0 heterocycles. The van der Waals surface area contributed by atoms with E-state index in [1.807, 2.05) is 0 Å². The zero-order chi connectivity index (χ0) is 28.0. The minimum Gasteiger partial charge on any atom is -0.462 e. The topological polar surface area (TPSA) is 88.8 Å². The first-order valence-corrected chi connectivity index (χ1v) is 15.0. The first kappa shape index (κ1) is 32.5. The molecule has 0 aromatic heterocycles. The lowest BCUT2D eigenvalue weighted by atomic mass is 10.0. The Morgan fingerprint density at radius 1 is 0.667 bits per heavy atom. The molecule has 0 aliphatic carbocycles. The number of ether oxygens (including phenoxy) is 2. The zero-order valence-corrected chi connectivity index (χ0v) is 23.9. The van der Waals surface area contributed by atoms with E-state index in [4.69, 9.17) is 20.1 Å². The fraction of sp³-hybridized carbons (Fsp3) is 0.576. The third-order valence-electron chi connectivity index (χ3n) is 6.99. The summed E-state index contributed by atoms with van der Waals surface area (Å²) in [5, 5.41) is 16.6. The molecule has 0 aliphatic rings. The van der Waals surface area contributed by atoms with Crippen LogP contribution in [0.15, 0.2) is 48.5 Å². The number of hydrogen-bond donors (Lipinski definition) is 2. The molecule has 0 saturated heterocycles. The molecule has 0 fully saturated rings. The molecule has 0 saturated carbocycles. The highest BCUT2D eigenvalue weighted by Gasteiger charge is 2.09. The van der Waals surface area contributed by atoms with Gasteiger partial charge in [-0.15, -0.1) is 0 Å². The van der Waals surface area contributed by atoms with Crippen molar-refractivity contribution in [2.24, 2.45) is 0 Å². The molecule has 0 amide bonds. The maximum Gasteiger partial charge on any atom is 0.338 e. The highest BCUT2D eigenvalue weighted by molar-refractivity contribution is 5.93. The maximum atomic E-state index is 12.3. The first-order chi connectivity index (χ1) is 19.1. The van der Waals surface area contributed by atoms with E-state index in [1.165, 1.54) is 89.9 Å². The van der Waals surface area contributed by atoms with Crippen molar-refractivity contribution in [2.75, 3.05) is 6.61 Å². The van der Waals surface area contributed by atoms with Crippen LogP contribution in [0, 0.1) is 5.41 Å².